The molecule has 0 unspecified atom stereocenters. The number of carbonyl (C=O) groups is 1. The van der Waals surface area contributed by atoms with Crippen LogP contribution in [0.3, 0.4) is 0 Å². The first-order valence-corrected chi connectivity index (χ1v) is 8.30. The number of unbranched alkanes of at least 4 members (excludes halogenated alkanes) is 5. The van der Waals surface area contributed by atoms with Gasteiger partial charge in [-0.1, -0.05) is 19.3 Å². The van der Waals surface area contributed by atoms with Crippen LogP contribution in [0.2, 0.25) is 0 Å². The molecule has 1 aliphatic heterocycles. The number of hydrogen-bond acceptors (Lipinski definition) is 4. The minimum absolute atomic E-state index is 0.122. The Bertz CT molecular complexity index is 341. The van der Waals surface area contributed by atoms with Gasteiger partial charge in [-0.3, -0.25) is 4.90 Å². The Kier molecular flexibility index (Phi) is 6.85. The average molecular weight is 295 g/mol. The molecule has 0 aromatic heterocycles. The largest absolute Gasteiger partial charge is 0.323 e. The van der Waals surface area contributed by atoms with Crippen LogP contribution in [0.25, 0.3) is 0 Å². The average Bonchev–Trinajstić information content (AvgIpc) is 2.38. The smallest absolute Gasteiger partial charge is 0.119 e. The fraction of sp³-hybridized carbons (Fsp3) is 0.882. The molecule has 1 rings (SSSR count). The molecule has 1 saturated heterocycles. The van der Waals surface area contributed by atoms with Crippen LogP contribution in [0.15, 0.2) is 5.10 Å². The van der Waals surface area contributed by atoms with E-state index in [1.54, 1.807) is 0 Å². The summed E-state index contributed by atoms with van der Waals surface area (Å²) in [6, 6.07) is 0. The van der Waals surface area contributed by atoms with Gasteiger partial charge in [0.05, 0.1) is 0 Å². The first-order valence-electron chi connectivity index (χ1n) is 8.30. The van der Waals surface area contributed by atoms with E-state index in [0.29, 0.717) is 6.42 Å². The zero-order valence-corrected chi connectivity index (χ0v) is 14.3. The molecular weight excluding hydrogens is 262 g/mol. The summed E-state index contributed by atoms with van der Waals surface area (Å²) >= 11 is 0. The second kappa shape index (κ2) is 7.92. The monoisotopic (exact) mass is 295 g/mol. The molecule has 0 atom stereocenters. The van der Waals surface area contributed by atoms with E-state index in [1.165, 1.54) is 25.7 Å². The minimum Gasteiger partial charge on any atom is -0.323 e. The fourth-order valence-corrected chi connectivity index (χ4v) is 3.80. The van der Waals surface area contributed by atoms with Gasteiger partial charge in [0.15, 0.2) is 0 Å². The first-order chi connectivity index (χ1) is 9.83. The predicted molar refractivity (Wildman–Crippen MR) is 89.5 cm³/mol. The van der Waals surface area contributed by atoms with Gasteiger partial charge in [-0.15, -0.1) is 0 Å². The van der Waals surface area contributed by atoms with E-state index in [-0.39, 0.29) is 11.1 Å². The summed E-state index contributed by atoms with van der Waals surface area (Å²) in [6.07, 6.45) is 9.59. The molecule has 21 heavy (non-hydrogen) atoms. The number of nitrogens with two attached hydrogens (primary N) is 1. The predicted octanol–water partition coefficient (Wildman–Crippen LogP) is 3.49. The van der Waals surface area contributed by atoms with Crippen molar-refractivity contribution in [1.82, 2.24) is 4.90 Å². The molecule has 0 radical (unpaired) electrons. The van der Waals surface area contributed by atoms with Crippen molar-refractivity contribution in [3.8, 4) is 0 Å². The Labute approximate surface area is 130 Å². The van der Waals surface area contributed by atoms with Gasteiger partial charge in [0.2, 0.25) is 0 Å². The summed E-state index contributed by atoms with van der Waals surface area (Å²) < 4.78 is 0. The molecule has 0 spiro atoms. The number of aldehydes is 1. The van der Waals surface area contributed by atoms with Crippen LogP contribution in [0.5, 0.6) is 0 Å². The van der Waals surface area contributed by atoms with E-state index in [4.69, 9.17) is 5.84 Å². The third-order valence-corrected chi connectivity index (χ3v) is 4.62. The molecule has 0 aromatic rings. The highest BCUT2D eigenvalue weighted by atomic mass is 16.1. The number of likely N-dealkylation sites (tertiary alicyclic amines) is 1. The zero-order chi connectivity index (χ0) is 15.9. The second-order valence-corrected chi connectivity index (χ2v) is 7.55. The first kappa shape index (κ1) is 18.1. The van der Waals surface area contributed by atoms with Crippen molar-refractivity contribution in [1.29, 1.82) is 0 Å². The van der Waals surface area contributed by atoms with Crippen LogP contribution in [0, 0.1) is 0 Å². The van der Waals surface area contributed by atoms with Crippen LogP contribution < -0.4 is 5.84 Å². The summed E-state index contributed by atoms with van der Waals surface area (Å²) in [4.78, 5) is 12.9. The molecule has 0 saturated carbocycles. The topological polar surface area (TPSA) is 58.7 Å². The van der Waals surface area contributed by atoms with Crippen LogP contribution in [-0.2, 0) is 4.79 Å². The molecule has 4 heteroatoms. The maximum atomic E-state index is 10.3. The lowest BCUT2D eigenvalue weighted by Gasteiger charge is -2.53. The molecule has 0 aromatic carbocycles. The Morgan fingerprint density at radius 1 is 1.05 bits per heavy atom. The summed E-state index contributed by atoms with van der Waals surface area (Å²) in [5.41, 5.74) is 1.38. The van der Waals surface area contributed by atoms with Gasteiger partial charge in [-0.25, -0.2) is 0 Å². The van der Waals surface area contributed by atoms with Gasteiger partial charge in [-0.2, -0.15) is 5.10 Å². The van der Waals surface area contributed by atoms with Crippen LogP contribution in [0.4, 0.5) is 0 Å². The molecule has 0 amide bonds. The molecule has 0 aliphatic carbocycles. The van der Waals surface area contributed by atoms with Crippen LogP contribution >= 0.6 is 0 Å². The van der Waals surface area contributed by atoms with Crippen molar-refractivity contribution in [2.45, 2.75) is 90.1 Å². The minimum atomic E-state index is 0.122. The Balaban J connectivity index is 2.43. The van der Waals surface area contributed by atoms with Crippen molar-refractivity contribution in [3.05, 3.63) is 0 Å². The fourth-order valence-electron chi connectivity index (χ4n) is 3.80. The number of piperidine rings is 1. The van der Waals surface area contributed by atoms with Gasteiger partial charge in [0.1, 0.15) is 6.29 Å². The molecule has 1 heterocycles. The molecule has 2 N–H and O–H groups in total. The summed E-state index contributed by atoms with van der Waals surface area (Å²) in [5, 5.41) is 3.97. The number of carbonyl (C=O) groups excluding carboxylic acids is 1. The number of hydrogen-bond donors (Lipinski definition) is 1. The molecule has 122 valence electrons. The normalized spacial score (nSPS) is 21.2. The number of nitrogens with zero attached hydrogens (tertiary/aromatic N) is 2. The Hall–Kier alpha value is -0.900. The third kappa shape index (κ3) is 5.42. The Morgan fingerprint density at radius 2 is 1.57 bits per heavy atom. The third-order valence-electron chi connectivity index (χ3n) is 4.62. The highest BCUT2D eigenvalue weighted by Crippen LogP contribution is 2.37. The lowest BCUT2D eigenvalue weighted by Crippen LogP contribution is -2.61. The van der Waals surface area contributed by atoms with Crippen molar-refractivity contribution >= 4 is 12.0 Å². The molecule has 4 nitrogen and oxygen atoms in total. The maximum Gasteiger partial charge on any atom is 0.119 e. The summed E-state index contributed by atoms with van der Waals surface area (Å²) in [5.74, 6) is 5.52. The Morgan fingerprint density at radius 3 is 2.10 bits per heavy atom. The highest BCUT2D eigenvalue weighted by Gasteiger charge is 2.43. The standard InChI is InChI=1S/C17H33N3O/c1-16(2)13-15(19-18)14-17(3,4)20(16)11-9-7-5-6-8-10-12-21/h12H,5-11,13-14,18H2,1-4H3. The van der Waals surface area contributed by atoms with E-state index >= 15 is 0 Å². The van der Waals surface area contributed by atoms with Crippen LogP contribution in [-0.4, -0.2) is 34.5 Å². The van der Waals surface area contributed by atoms with Gasteiger partial charge in [-0.05, 0) is 47.1 Å². The molecule has 0 bridgehead atoms. The summed E-state index contributed by atoms with van der Waals surface area (Å²) in [7, 11) is 0. The zero-order valence-electron chi connectivity index (χ0n) is 14.3. The van der Waals surface area contributed by atoms with Crippen molar-refractivity contribution in [2.75, 3.05) is 6.54 Å². The van der Waals surface area contributed by atoms with E-state index in [0.717, 1.165) is 37.8 Å². The molecule has 1 fully saturated rings. The molecule has 1 aliphatic rings. The molecular formula is C17H33N3O. The van der Waals surface area contributed by atoms with Crippen molar-refractivity contribution < 1.29 is 4.79 Å². The van der Waals surface area contributed by atoms with E-state index in [9.17, 15) is 4.79 Å². The van der Waals surface area contributed by atoms with E-state index in [2.05, 4.69) is 37.7 Å². The van der Waals surface area contributed by atoms with Crippen molar-refractivity contribution in [3.63, 3.8) is 0 Å². The lowest BCUT2D eigenvalue weighted by atomic mass is 9.78. The van der Waals surface area contributed by atoms with Gasteiger partial charge in [0.25, 0.3) is 0 Å². The maximum absolute atomic E-state index is 10.3. The van der Waals surface area contributed by atoms with E-state index < -0.39 is 0 Å². The second-order valence-electron chi connectivity index (χ2n) is 7.55. The van der Waals surface area contributed by atoms with Gasteiger partial charge in [0, 0.05) is 36.1 Å². The summed E-state index contributed by atoms with van der Waals surface area (Å²) in [6.45, 7) is 10.3. The number of rotatable bonds is 8. The number of hydrazone groups is 1. The van der Waals surface area contributed by atoms with Crippen LogP contribution in [0.1, 0.15) is 79.1 Å². The quantitative estimate of drug-likeness (QED) is 0.323. The lowest BCUT2D eigenvalue weighted by molar-refractivity contribution is -0.107. The van der Waals surface area contributed by atoms with E-state index in [1.807, 2.05) is 0 Å². The SMILES string of the molecule is CC1(C)CC(=NN)CC(C)(C)N1CCCCCCCC=O. The van der Waals surface area contributed by atoms with Gasteiger partial charge >= 0.3 is 0 Å². The van der Waals surface area contributed by atoms with Crippen molar-refractivity contribution in [2.24, 2.45) is 10.9 Å². The van der Waals surface area contributed by atoms with Gasteiger partial charge < -0.3 is 10.6 Å². The highest BCUT2D eigenvalue weighted by molar-refractivity contribution is 5.87.